The maximum absolute atomic E-state index is 13.1. The number of fused-ring (bicyclic) bond motifs is 2. The fourth-order valence-corrected chi connectivity index (χ4v) is 4.34. The number of carbonyl (C=O) groups excluding carboxylic acids is 1. The zero-order valence-electron chi connectivity index (χ0n) is 13.8. The zero-order valence-corrected chi connectivity index (χ0v) is 13.8. The standard InChI is InChI=1S/C18H23N3O2/c1-11-9-15(16-12(2)20-23-17(16)19-11)18(22)21-8-7-13-5-3-4-6-14(13)10-21/h9,13-14H,3-8,10H2,1-2H3/t13-,14+/m0/s1. The Morgan fingerprint density at radius 2 is 2.00 bits per heavy atom. The molecular weight excluding hydrogens is 290 g/mol. The predicted molar refractivity (Wildman–Crippen MR) is 87.2 cm³/mol. The third-order valence-electron chi connectivity index (χ3n) is 5.55. The molecule has 0 radical (unpaired) electrons. The first-order valence-corrected chi connectivity index (χ1v) is 8.66. The summed E-state index contributed by atoms with van der Waals surface area (Å²) in [6.45, 7) is 5.53. The van der Waals surface area contributed by atoms with E-state index < -0.39 is 0 Å². The molecule has 2 aliphatic rings. The molecule has 2 atom stereocenters. The van der Waals surface area contributed by atoms with Crippen LogP contribution in [0.2, 0.25) is 0 Å². The lowest BCUT2D eigenvalue weighted by Gasteiger charge is -2.41. The van der Waals surface area contributed by atoms with Crippen LogP contribution in [0.15, 0.2) is 10.6 Å². The lowest BCUT2D eigenvalue weighted by molar-refractivity contribution is 0.0522. The van der Waals surface area contributed by atoms with Gasteiger partial charge in [0.05, 0.1) is 16.6 Å². The van der Waals surface area contributed by atoms with Gasteiger partial charge in [-0.1, -0.05) is 24.4 Å². The van der Waals surface area contributed by atoms with Crippen molar-refractivity contribution in [1.29, 1.82) is 0 Å². The number of carbonyl (C=O) groups is 1. The molecule has 1 amide bonds. The maximum Gasteiger partial charge on any atom is 0.258 e. The molecule has 3 heterocycles. The van der Waals surface area contributed by atoms with E-state index in [2.05, 4.69) is 10.1 Å². The molecule has 0 bridgehead atoms. The molecule has 0 aromatic carbocycles. The Labute approximate surface area is 136 Å². The molecule has 4 rings (SSSR count). The monoisotopic (exact) mass is 313 g/mol. The van der Waals surface area contributed by atoms with Crippen LogP contribution in [-0.2, 0) is 0 Å². The van der Waals surface area contributed by atoms with Crippen molar-refractivity contribution in [3.05, 3.63) is 23.0 Å². The number of piperidine rings is 1. The number of amides is 1. The average molecular weight is 313 g/mol. The van der Waals surface area contributed by atoms with Crippen molar-refractivity contribution >= 4 is 17.0 Å². The van der Waals surface area contributed by atoms with Gasteiger partial charge in [0.15, 0.2) is 0 Å². The minimum atomic E-state index is 0.107. The van der Waals surface area contributed by atoms with Gasteiger partial charge in [0.2, 0.25) is 0 Å². The summed E-state index contributed by atoms with van der Waals surface area (Å²) in [5, 5.41) is 4.75. The van der Waals surface area contributed by atoms with Crippen LogP contribution in [0.4, 0.5) is 0 Å². The number of aryl methyl sites for hydroxylation is 2. The molecule has 2 aromatic rings. The van der Waals surface area contributed by atoms with Gasteiger partial charge in [-0.25, -0.2) is 4.98 Å². The highest BCUT2D eigenvalue weighted by atomic mass is 16.5. The fraction of sp³-hybridized carbons (Fsp3) is 0.611. The molecule has 0 N–H and O–H groups in total. The van der Waals surface area contributed by atoms with E-state index in [0.717, 1.165) is 42.2 Å². The second kappa shape index (κ2) is 5.62. The largest absolute Gasteiger partial charge is 0.338 e. The van der Waals surface area contributed by atoms with Crippen molar-refractivity contribution in [2.75, 3.05) is 13.1 Å². The summed E-state index contributed by atoms with van der Waals surface area (Å²) in [4.78, 5) is 19.5. The second-order valence-electron chi connectivity index (χ2n) is 7.10. The van der Waals surface area contributed by atoms with E-state index in [1.54, 1.807) is 0 Å². The summed E-state index contributed by atoms with van der Waals surface area (Å²) in [6, 6.07) is 1.88. The summed E-state index contributed by atoms with van der Waals surface area (Å²) in [5.74, 6) is 1.61. The van der Waals surface area contributed by atoms with E-state index in [1.165, 1.54) is 25.7 Å². The molecule has 1 saturated carbocycles. The third kappa shape index (κ3) is 2.52. The smallest absolute Gasteiger partial charge is 0.258 e. The van der Waals surface area contributed by atoms with E-state index in [4.69, 9.17) is 4.52 Å². The topological polar surface area (TPSA) is 59.2 Å². The number of pyridine rings is 1. The molecule has 122 valence electrons. The predicted octanol–water partition coefficient (Wildman–Crippen LogP) is 3.49. The second-order valence-corrected chi connectivity index (χ2v) is 7.10. The molecule has 1 aliphatic heterocycles. The first-order valence-electron chi connectivity index (χ1n) is 8.66. The van der Waals surface area contributed by atoms with Crippen LogP contribution in [0.1, 0.15) is 53.8 Å². The SMILES string of the molecule is Cc1cc(C(=O)N2CC[C@@H]3CCCC[C@@H]3C2)c2c(C)noc2n1. The highest BCUT2D eigenvalue weighted by molar-refractivity contribution is 6.06. The summed E-state index contributed by atoms with van der Waals surface area (Å²) < 4.78 is 5.26. The Hall–Kier alpha value is -1.91. The quantitative estimate of drug-likeness (QED) is 0.808. The van der Waals surface area contributed by atoms with E-state index in [9.17, 15) is 4.79 Å². The first-order chi connectivity index (χ1) is 11.1. The highest BCUT2D eigenvalue weighted by Gasteiger charge is 2.34. The fourth-order valence-electron chi connectivity index (χ4n) is 4.34. The van der Waals surface area contributed by atoms with Crippen molar-refractivity contribution < 1.29 is 9.32 Å². The molecule has 2 aromatic heterocycles. The van der Waals surface area contributed by atoms with Crippen molar-refractivity contribution in [1.82, 2.24) is 15.0 Å². The molecule has 5 heteroatoms. The van der Waals surface area contributed by atoms with Gasteiger partial charge >= 0.3 is 0 Å². The van der Waals surface area contributed by atoms with Crippen LogP contribution < -0.4 is 0 Å². The number of likely N-dealkylation sites (tertiary alicyclic amines) is 1. The van der Waals surface area contributed by atoms with Crippen LogP contribution in [0.5, 0.6) is 0 Å². The van der Waals surface area contributed by atoms with Gasteiger partial charge in [0.25, 0.3) is 11.6 Å². The Kier molecular flexibility index (Phi) is 3.58. The van der Waals surface area contributed by atoms with Crippen LogP contribution in [0.25, 0.3) is 11.1 Å². The van der Waals surface area contributed by atoms with Crippen LogP contribution in [-0.4, -0.2) is 34.0 Å². The molecular formula is C18H23N3O2. The van der Waals surface area contributed by atoms with Crippen LogP contribution in [0, 0.1) is 25.7 Å². The minimum absolute atomic E-state index is 0.107. The summed E-state index contributed by atoms with van der Waals surface area (Å²) in [7, 11) is 0. The maximum atomic E-state index is 13.1. The minimum Gasteiger partial charge on any atom is -0.338 e. The van der Waals surface area contributed by atoms with Gasteiger partial charge in [-0.2, -0.15) is 0 Å². The number of rotatable bonds is 1. The number of aromatic nitrogens is 2. The lowest BCUT2D eigenvalue weighted by atomic mass is 9.75. The Morgan fingerprint density at radius 3 is 2.83 bits per heavy atom. The normalized spacial score (nSPS) is 24.7. The zero-order chi connectivity index (χ0) is 16.0. The highest BCUT2D eigenvalue weighted by Crippen LogP contribution is 2.36. The Bertz CT molecular complexity index is 752. The Morgan fingerprint density at radius 1 is 1.22 bits per heavy atom. The van der Waals surface area contributed by atoms with Gasteiger partial charge < -0.3 is 9.42 Å². The molecule has 23 heavy (non-hydrogen) atoms. The molecule has 2 fully saturated rings. The van der Waals surface area contributed by atoms with Crippen molar-refractivity contribution in [3.63, 3.8) is 0 Å². The van der Waals surface area contributed by atoms with E-state index in [0.29, 0.717) is 17.2 Å². The van der Waals surface area contributed by atoms with Crippen molar-refractivity contribution in [2.45, 2.75) is 46.0 Å². The van der Waals surface area contributed by atoms with Gasteiger partial charge in [0, 0.05) is 18.8 Å². The Balaban J connectivity index is 1.65. The van der Waals surface area contributed by atoms with Crippen LogP contribution >= 0.6 is 0 Å². The molecule has 5 nitrogen and oxygen atoms in total. The first kappa shape index (κ1) is 14.7. The average Bonchev–Trinajstić information content (AvgIpc) is 2.94. The number of hydrogen-bond donors (Lipinski definition) is 0. The van der Waals surface area contributed by atoms with Gasteiger partial charge in [-0.15, -0.1) is 0 Å². The van der Waals surface area contributed by atoms with E-state index >= 15 is 0 Å². The lowest BCUT2D eigenvalue weighted by Crippen LogP contribution is -2.44. The van der Waals surface area contributed by atoms with Gasteiger partial charge in [-0.05, 0) is 44.6 Å². The van der Waals surface area contributed by atoms with Gasteiger partial charge in [0.1, 0.15) is 0 Å². The molecule has 0 unspecified atom stereocenters. The summed E-state index contributed by atoms with van der Waals surface area (Å²) in [5.41, 5.74) is 2.70. The van der Waals surface area contributed by atoms with Crippen LogP contribution in [0.3, 0.4) is 0 Å². The molecule has 1 saturated heterocycles. The third-order valence-corrected chi connectivity index (χ3v) is 5.55. The summed E-state index contributed by atoms with van der Waals surface area (Å²) in [6.07, 6.45) is 6.43. The van der Waals surface area contributed by atoms with E-state index in [-0.39, 0.29) is 5.91 Å². The number of hydrogen-bond acceptors (Lipinski definition) is 4. The van der Waals surface area contributed by atoms with E-state index in [1.807, 2.05) is 24.8 Å². The summed E-state index contributed by atoms with van der Waals surface area (Å²) >= 11 is 0. The number of nitrogens with zero attached hydrogens (tertiary/aromatic N) is 3. The molecule has 1 aliphatic carbocycles. The van der Waals surface area contributed by atoms with Crippen molar-refractivity contribution in [3.8, 4) is 0 Å². The van der Waals surface area contributed by atoms with Crippen molar-refractivity contribution in [2.24, 2.45) is 11.8 Å². The van der Waals surface area contributed by atoms with Gasteiger partial charge in [-0.3, -0.25) is 4.79 Å². The molecule has 0 spiro atoms.